The zero-order valence-corrected chi connectivity index (χ0v) is 9.83. The average molecular weight is 190 g/mol. The van der Waals surface area contributed by atoms with Gasteiger partial charge >= 0.3 is 0 Å². The van der Waals surface area contributed by atoms with Crippen LogP contribution in [0.3, 0.4) is 0 Å². The molecule has 74 valence electrons. The molecule has 12 heavy (non-hydrogen) atoms. The van der Waals surface area contributed by atoms with E-state index < -0.39 is 0 Å². The molecular weight excluding hydrogens is 167 g/mol. The first kappa shape index (κ1) is 14.4. The summed E-state index contributed by atoms with van der Waals surface area (Å²) in [6.07, 6.45) is 10.2. The summed E-state index contributed by atoms with van der Waals surface area (Å²) >= 11 is 0. The van der Waals surface area contributed by atoms with Crippen molar-refractivity contribution in [2.24, 2.45) is 0 Å². The Labute approximate surface area is 78.0 Å². The number of rotatable bonds is 6. The first-order valence-corrected chi connectivity index (χ1v) is 8.05. The molecule has 0 aromatic rings. The van der Waals surface area contributed by atoms with E-state index >= 15 is 0 Å². The van der Waals surface area contributed by atoms with Crippen molar-refractivity contribution >= 4 is 8.80 Å². The fourth-order valence-corrected chi connectivity index (χ4v) is 1.74. The highest BCUT2D eigenvalue weighted by Gasteiger charge is 1.88. The molecule has 0 rings (SSSR count). The lowest BCUT2D eigenvalue weighted by Gasteiger charge is -1.95. The van der Waals surface area contributed by atoms with Crippen molar-refractivity contribution in [1.82, 2.24) is 0 Å². The first-order valence-electron chi connectivity index (χ1n) is 4.92. The molecule has 0 bridgehead atoms. The summed E-state index contributed by atoms with van der Waals surface area (Å²) in [6, 6.07) is 1.38. The Morgan fingerprint density at radius 3 is 2.25 bits per heavy atom. The van der Waals surface area contributed by atoms with Crippen molar-refractivity contribution in [1.29, 1.82) is 0 Å². The van der Waals surface area contributed by atoms with Crippen LogP contribution in [0.15, 0.2) is 12.2 Å². The van der Waals surface area contributed by atoms with Gasteiger partial charge in [-0.2, -0.15) is 0 Å². The van der Waals surface area contributed by atoms with Crippen molar-refractivity contribution in [3.63, 3.8) is 0 Å². The van der Waals surface area contributed by atoms with Gasteiger partial charge in [0.15, 0.2) is 0 Å². The van der Waals surface area contributed by atoms with Gasteiger partial charge in [-0.1, -0.05) is 45.0 Å². The molecule has 0 amide bonds. The van der Waals surface area contributed by atoms with Crippen LogP contribution in [0.25, 0.3) is 0 Å². The second-order valence-electron chi connectivity index (χ2n) is 3.60. The van der Waals surface area contributed by atoms with Gasteiger partial charge in [0.05, 0.1) is 0 Å². The van der Waals surface area contributed by atoms with Crippen LogP contribution >= 0.6 is 0 Å². The molecule has 0 aromatic carbocycles. The Morgan fingerprint density at radius 1 is 1.08 bits per heavy atom. The van der Waals surface area contributed by atoms with Crippen molar-refractivity contribution in [3.8, 4) is 0 Å². The van der Waals surface area contributed by atoms with Crippen LogP contribution in [0.4, 0.5) is 4.70 Å². The van der Waals surface area contributed by atoms with Gasteiger partial charge in [-0.25, -0.2) is 0 Å². The summed E-state index contributed by atoms with van der Waals surface area (Å²) in [7, 11) is -0.316. The molecule has 0 aromatic heterocycles. The Morgan fingerprint density at radius 2 is 1.75 bits per heavy atom. The first-order chi connectivity index (χ1) is 5.27. The van der Waals surface area contributed by atoms with Gasteiger partial charge in [0.25, 0.3) is 0 Å². The largest absolute Gasteiger partial charge is 0.269 e. The normalized spacial score (nSPS) is 10.7. The van der Waals surface area contributed by atoms with Crippen molar-refractivity contribution in [2.45, 2.75) is 51.7 Å². The molecule has 0 saturated heterocycles. The van der Waals surface area contributed by atoms with E-state index in [9.17, 15) is 0 Å². The van der Waals surface area contributed by atoms with Gasteiger partial charge in [0.1, 0.15) is 0 Å². The lowest BCUT2D eigenvalue weighted by molar-refractivity contribution is 0.729. The molecule has 0 spiro atoms. The van der Waals surface area contributed by atoms with Crippen LogP contribution in [0.5, 0.6) is 0 Å². The molecule has 0 aliphatic heterocycles. The maximum Gasteiger partial charge on any atom is 0.0344 e. The minimum atomic E-state index is -0.316. The summed E-state index contributed by atoms with van der Waals surface area (Å²) in [5.74, 6) is 0. The van der Waals surface area contributed by atoms with Crippen molar-refractivity contribution in [2.75, 3.05) is 0 Å². The molecule has 2 heteroatoms. The quantitative estimate of drug-likeness (QED) is 0.340. The lowest BCUT2D eigenvalue weighted by atomic mass is 10.2. The highest BCUT2D eigenvalue weighted by molar-refractivity contribution is 6.56. The van der Waals surface area contributed by atoms with Gasteiger partial charge in [-0.05, 0) is 18.9 Å². The van der Waals surface area contributed by atoms with Crippen LogP contribution < -0.4 is 0 Å². The number of hydrogen-bond donors (Lipinski definition) is 0. The average Bonchev–Trinajstić information content (AvgIpc) is 1.96. The Bertz CT molecular complexity index is 100. The van der Waals surface area contributed by atoms with Crippen LogP contribution in [-0.2, 0) is 0 Å². The number of unbranched alkanes of at least 4 members (excludes halogenated alkanes) is 3. The molecule has 0 aliphatic carbocycles. The molecule has 0 unspecified atom stereocenters. The van der Waals surface area contributed by atoms with Crippen LogP contribution in [0.2, 0.25) is 19.1 Å². The molecule has 0 saturated carbocycles. The van der Waals surface area contributed by atoms with E-state index in [1.807, 2.05) is 0 Å². The zero-order valence-electron chi connectivity index (χ0n) is 8.68. The number of allylic oxidation sites excluding steroid dienone is 2. The predicted octanol–water partition coefficient (Wildman–Crippen LogP) is 3.76. The molecule has 0 radical (unpaired) electrons. The minimum Gasteiger partial charge on any atom is -0.269 e. The second-order valence-corrected chi connectivity index (χ2v) is 6.86. The Balaban J connectivity index is 0. The summed E-state index contributed by atoms with van der Waals surface area (Å²) in [6.45, 7) is 7.05. The van der Waals surface area contributed by atoms with E-state index in [2.05, 4.69) is 32.2 Å². The monoisotopic (exact) mass is 190 g/mol. The highest BCUT2D eigenvalue weighted by atomic mass is 28.3. The van der Waals surface area contributed by atoms with Crippen LogP contribution in [-0.4, -0.2) is 8.80 Å². The van der Waals surface area contributed by atoms with Gasteiger partial charge in [0.2, 0.25) is 0 Å². The summed E-state index contributed by atoms with van der Waals surface area (Å²) in [5, 5.41) is 0. The van der Waals surface area contributed by atoms with Crippen molar-refractivity contribution < 1.29 is 4.70 Å². The molecule has 0 heterocycles. The molecular formula is C10H23FSi. The van der Waals surface area contributed by atoms with Gasteiger partial charge in [-0.15, -0.1) is 0 Å². The fraction of sp³-hybridized carbons (Fsp3) is 0.800. The van der Waals surface area contributed by atoms with Crippen LogP contribution in [0.1, 0.15) is 32.6 Å². The van der Waals surface area contributed by atoms with E-state index in [4.69, 9.17) is 0 Å². The Hall–Kier alpha value is -0.113. The molecule has 0 nitrogen and oxygen atoms in total. The third-order valence-corrected chi connectivity index (χ3v) is 2.96. The highest BCUT2D eigenvalue weighted by Crippen LogP contribution is 2.01. The van der Waals surface area contributed by atoms with Crippen LogP contribution in [0, 0.1) is 0 Å². The van der Waals surface area contributed by atoms with Gasteiger partial charge < -0.3 is 0 Å². The molecule has 0 aliphatic rings. The summed E-state index contributed by atoms with van der Waals surface area (Å²) < 4.78 is 0. The summed E-state index contributed by atoms with van der Waals surface area (Å²) in [4.78, 5) is 0. The maximum absolute atomic E-state index is 2.40. The number of halogens is 1. The minimum absolute atomic E-state index is 0. The fourth-order valence-electron chi connectivity index (χ4n) is 0.998. The smallest absolute Gasteiger partial charge is 0.0344 e. The molecule has 0 atom stereocenters. The third kappa shape index (κ3) is 12.6. The third-order valence-electron chi connectivity index (χ3n) is 1.75. The SMILES string of the molecule is CCCCCC=CC[SiH](C)C.F. The summed E-state index contributed by atoms with van der Waals surface area (Å²) in [5.41, 5.74) is 0. The van der Waals surface area contributed by atoms with E-state index in [1.54, 1.807) is 0 Å². The zero-order chi connectivity index (χ0) is 8.53. The van der Waals surface area contributed by atoms with Crippen molar-refractivity contribution in [3.05, 3.63) is 12.2 Å². The van der Waals surface area contributed by atoms with E-state index in [-0.39, 0.29) is 13.5 Å². The Kier molecular flexibility index (Phi) is 13.1. The molecule has 0 fully saturated rings. The van der Waals surface area contributed by atoms with Gasteiger partial charge in [0, 0.05) is 8.80 Å². The second kappa shape index (κ2) is 10.9. The van der Waals surface area contributed by atoms with E-state index in [1.165, 1.54) is 31.7 Å². The van der Waals surface area contributed by atoms with E-state index in [0.717, 1.165) is 0 Å². The van der Waals surface area contributed by atoms with E-state index in [0.29, 0.717) is 0 Å². The maximum atomic E-state index is 2.40. The topological polar surface area (TPSA) is 0 Å². The van der Waals surface area contributed by atoms with Gasteiger partial charge in [-0.3, -0.25) is 4.70 Å². The predicted molar refractivity (Wildman–Crippen MR) is 59.5 cm³/mol. The number of hydrogen-bond acceptors (Lipinski definition) is 0. The standard InChI is InChI=1S/C10H22Si.FH/c1-4-5-6-7-8-9-10-11(2)3;/h8-9,11H,4-7,10H2,1-3H3;1H. The lowest BCUT2D eigenvalue weighted by Crippen LogP contribution is -1.94. The molecule has 0 N–H and O–H groups in total.